The average molecular weight is 228 g/mol. The van der Waals surface area contributed by atoms with Crippen molar-refractivity contribution in [1.29, 1.82) is 0 Å². The third-order valence-corrected chi connectivity index (χ3v) is 2.06. The lowest BCUT2D eigenvalue weighted by atomic mass is 10.3. The van der Waals surface area contributed by atoms with Crippen LogP contribution in [-0.2, 0) is 4.79 Å². The number of nitrogens with zero attached hydrogens (tertiary/aromatic N) is 1. The molecule has 0 saturated carbocycles. The second-order valence-electron chi connectivity index (χ2n) is 3.38. The van der Waals surface area contributed by atoms with Gasteiger partial charge >= 0.3 is 0 Å². The maximum Gasteiger partial charge on any atom is 0.255 e. The number of rotatable bonds is 5. The number of halogens is 2. The van der Waals surface area contributed by atoms with Crippen LogP contribution in [0.2, 0.25) is 0 Å². The summed E-state index contributed by atoms with van der Waals surface area (Å²) in [6, 6.07) is 9.13. The zero-order valence-electron chi connectivity index (χ0n) is 8.99. The number of anilines is 1. The number of amides is 1. The van der Waals surface area contributed by atoms with Gasteiger partial charge in [0.2, 0.25) is 5.91 Å². The van der Waals surface area contributed by atoms with E-state index in [0.29, 0.717) is 0 Å². The molecule has 0 unspecified atom stereocenters. The van der Waals surface area contributed by atoms with Crippen LogP contribution in [0.15, 0.2) is 30.3 Å². The number of hydrogen-bond acceptors (Lipinski definition) is 2. The van der Waals surface area contributed by atoms with Crippen LogP contribution in [0.3, 0.4) is 0 Å². The van der Waals surface area contributed by atoms with Crippen molar-refractivity contribution in [3.05, 3.63) is 30.3 Å². The molecule has 1 N–H and O–H groups in total. The van der Waals surface area contributed by atoms with Gasteiger partial charge in [0.05, 0.1) is 13.1 Å². The Hall–Kier alpha value is -1.65. The van der Waals surface area contributed by atoms with E-state index in [1.807, 2.05) is 18.2 Å². The fourth-order valence-electron chi connectivity index (χ4n) is 1.18. The van der Waals surface area contributed by atoms with Gasteiger partial charge in [0, 0.05) is 12.7 Å². The molecule has 0 radical (unpaired) electrons. The molecular weight excluding hydrogens is 214 g/mol. The Morgan fingerprint density at radius 2 is 2.00 bits per heavy atom. The van der Waals surface area contributed by atoms with Gasteiger partial charge in [-0.05, 0) is 12.1 Å². The van der Waals surface area contributed by atoms with E-state index in [2.05, 4.69) is 5.32 Å². The van der Waals surface area contributed by atoms with Crippen molar-refractivity contribution in [2.45, 2.75) is 6.43 Å². The molecule has 1 rings (SSSR count). The third-order valence-electron chi connectivity index (χ3n) is 2.06. The van der Waals surface area contributed by atoms with Gasteiger partial charge in [0.15, 0.2) is 0 Å². The van der Waals surface area contributed by atoms with Crippen LogP contribution in [0.25, 0.3) is 0 Å². The lowest BCUT2D eigenvalue weighted by molar-refractivity contribution is -0.129. The van der Waals surface area contributed by atoms with Crippen molar-refractivity contribution in [2.75, 3.05) is 25.5 Å². The Kier molecular flexibility index (Phi) is 4.69. The van der Waals surface area contributed by atoms with Gasteiger partial charge in [-0.2, -0.15) is 0 Å². The van der Waals surface area contributed by atoms with Gasteiger partial charge in [-0.25, -0.2) is 8.78 Å². The Labute approximate surface area is 93.1 Å². The molecule has 0 saturated heterocycles. The maximum atomic E-state index is 12.0. The summed E-state index contributed by atoms with van der Waals surface area (Å²) in [6.45, 7) is -0.511. The van der Waals surface area contributed by atoms with Gasteiger partial charge in [-0.1, -0.05) is 18.2 Å². The summed E-state index contributed by atoms with van der Waals surface area (Å²) in [4.78, 5) is 12.4. The highest BCUT2D eigenvalue weighted by Crippen LogP contribution is 2.04. The number of alkyl halides is 2. The molecule has 3 nitrogen and oxygen atoms in total. The number of likely N-dealkylation sites (N-methyl/N-ethyl adjacent to an activating group) is 1. The van der Waals surface area contributed by atoms with Gasteiger partial charge in [0.1, 0.15) is 0 Å². The minimum Gasteiger partial charge on any atom is -0.376 e. The molecular formula is C11H14F2N2O. The molecule has 0 aromatic heterocycles. The van der Waals surface area contributed by atoms with Crippen LogP contribution in [0.1, 0.15) is 0 Å². The molecule has 0 spiro atoms. The Morgan fingerprint density at radius 1 is 1.38 bits per heavy atom. The van der Waals surface area contributed by atoms with Gasteiger partial charge in [-0.15, -0.1) is 0 Å². The predicted molar refractivity (Wildman–Crippen MR) is 58.6 cm³/mol. The normalized spacial score (nSPS) is 10.2. The first-order valence-corrected chi connectivity index (χ1v) is 4.90. The lowest BCUT2D eigenvalue weighted by Crippen LogP contribution is -2.35. The van der Waals surface area contributed by atoms with E-state index in [1.54, 1.807) is 12.1 Å². The Bertz CT molecular complexity index is 330. The van der Waals surface area contributed by atoms with E-state index in [0.717, 1.165) is 10.6 Å². The van der Waals surface area contributed by atoms with Crippen LogP contribution in [-0.4, -0.2) is 37.4 Å². The van der Waals surface area contributed by atoms with Crippen molar-refractivity contribution in [3.63, 3.8) is 0 Å². The molecule has 0 aliphatic heterocycles. The summed E-state index contributed by atoms with van der Waals surface area (Å²) in [5, 5.41) is 2.86. The van der Waals surface area contributed by atoms with E-state index < -0.39 is 13.0 Å². The van der Waals surface area contributed by atoms with Crippen LogP contribution >= 0.6 is 0 Å². The molecule has 0 heterocycles. The predicted octanol–water partition coefficient (Wildman–Crippen LogP) is 1.82. The molecule has 1 aromatic carbocycles. The highest BCUT2D eigenvalue weighted by atomic mass is 19.3. The monoisotopic (exact) mass is 228 g/mol. The summed E-state index contributed by atoms with van der Waals surface area (Å²) in [5.74, 6) is -0.357. The number of carbonyl (C=O) groups is 1. The quantitative estimate of drug-likeness (QED) is 0.833. The van der Waals surface area contributed by atoms with Crippen LogP contribution in [0.4, 0.5) is 14.5 Å². The molecule has 1 aromatic rings. The van der Waals surface area contributed by atoms with Crippen LogP contribution in [0.5, 0.6) is 0 Å². The minimum atomic E-state index is -2.49. The third kappa shape index (κ3) is 4.25. The number of benzene rings is 1. The second-order valence-corrected chi connectivity index (χ2v) is 3.38. The number of para-hydroxylation sites is 1. The summed E-state index contributed by atoms with van der Waals surface area (Å²) >= 11 is 0. The van der Waals surface area contributed by atoms with Gasteiger partial charge < -0.3 is 10.2 Å². The Morgan fingerprint density at radius 3 is 2.56 bits per heavy atom. The van der Waals surface area contributed by atoms with Crippen LogP contribution < -0.4 is 5.32 Å². The van der Waals surface area contributed by atoms with Crippen molar-refractivity contribution in [3.8, 4) is 0 Å². The molecule has 0 fully saturated rings. The molecule has 16 heavy (non-hydrogen) atoms. The first-order valence-electron chi connectivity index (χ1n) is 4.90. The molecule has 0 atom stereocenters. The number of nitrogens with one attached hydrogen (secondary N) is 1. The van der Waals surface area contributed by atoms with E-state index >= 15 is 0 Å². The highest BCUT2D eigenvalue weighted by Gasteiger charge is 2.13. The first-order chi connectivity index (χ1) is 7.59. The average Bonchev–Trinajstić information content (AvgIpc) is 2.26. The summed E-state index contributed by atoms with van der Waals surface area (Å²) in [7, 11) is 1.36. The topological polar surface area (TPSA) is 32.3 Å². The summed E-state index contributed by atoms with van der Waals surface area (Å²) in [5.41, 5.74) is 0.793. The van der Waals surface area contributed by atoms with E-state index in [1.165, 1.54) is 7.05 Å². The smallest absolute Gasteiger partial charge is 0.255 e. The summed E-state index contributed by atoms with van der Waals surface area (Å²) in [6.07, 6.45) is -2.49. The van der Waals surface area contributed by atoms with Crippen LogP contribution in [0, 0.1) is 0 Å². The number of hydrogen-bond donors (Lipinski definition) is 1. The first kappa shape index (κ1) is 12.4. The second kappa shape index (κ2) is 6.05. The molecule has 5 heteroatoms. The number of carbonyl (C=O) groups excluding carboxylic acids is 1. The molecule has 88 valence electrons. The minimum absolute atomic E-state index is 0.0211. The summed E-state index contributed by atoms with van der Waals surface area (Å²) < 4.78 is 24.0. The Balaban J connectivity index is 2.35. The van der Waals surface area contributed by atoms with E-state index in [9.17, 15) is 13.6 Å². The van der Waals surface area contributed by atoms with Gasteiger partial charge in [0.25, 0.3) is 6.43 Å². The van der Waals surface area contributed by atoms with E-state index in [-0.39, 0.29) is 12.5 Å². The molecule has 0 bridgehead atoms. The van der Waals surface area contributed by atoms with Crippen molar-refractivity contribution in [2.24, 2.45) is 0 Å². The maximum absolute atomic E-state index is 12.0. The van der Waals surface area contributed by atoms with Gasteiger partial charge in [-0.3, -0.25) is 4.79 Å². The fourth-order valence-corrected chi connectivity index (χ4v) is 1.18. The van der Waals surface area contributed by atoms with E-state index in [4.69, 9.17) is 0 Å². The van der Waals surface area contributed by atoms with Crippen molar-refractivity contribution < 1.29 is 13.6 Å². The standard InChI is InChI=1S/C11H14F2N2O/c1-15(8-10(12)13)11(16)7-14-9-5-3-2-4-6-9/h2-6,10,14H,7-8H2,1H3. The SMILES string of the molecule is CN(CC(F)F)C(=O)CNc1ccccc1. The van der Waals surface area contributed by atoms with Crippen molar-refractivity contribution >= 4 is 11.6 Å². The zero-order chi connectivity index (χ0) is 12.0. The highest BCUT2D eigenvalue weighted by molar-refractivity contribution is 5.80. The molecule has 0 aliphatic carbocycles. The lowest BCUT2D eigenvalue weighted by Gasteiger charge is -2.17. The van der Waals surface area contributed by atoms with Crippen molar-refractivity contribution in [1.82, 2.24) is 4.90 Å². The molecule has 1 amide bonds. The largest absolute Gasteiger partial charge is 0.376 e. The fraction of sp³-hybridized carbons (Fsp3) is 0.364. The molecule has 0 aliphatic rings. The zero-order valence-corrected chi connectivity index (χ0v) is 8.99.